The Hall–Kier alpha value is -1.06. The molecule has 0 fully saturated rings. The molecular weight excluding hydrogens is 248 g/mol. The number of ether oxygens (including phenoxy) is 1. The fourth-order valence-electron chi connectivity index (χ4n) is 2.34. The van der Waals surface area contributed by atoms with Crippen molar-refractivity contribution in [2.24, 2.45) is 0 Å². The summed E-state index contributed by atoms with van der Waals surface area (Å²) in [6.07, 6.45) is 2.48. The predicted octanol–water partition coefficient (Wildman–Crippen LogP) is 3.30. The van der Waals surface area contributed by atoms with Crippen molar-refractivity contribution in [3.63, 3.8) is 0 Å². The molecule has 0 aliphatic carbocycles. The predicted molar refractivity (Wildman–Crippen MR) is 86.3 cm³/mol. The maximum atomic E-state index is 5.24. The Kier molecular flexibility index (Phi) is 8.31. The molecule has 1 unspecified atom stereocenters. The number of nitrogens with zero attached hydrogens (tertiary/aromatic N) is 1. The second kappa shape index (κ2) is 9.78. The van der Waals surface area contributed by atoms with Gasteiger partial charge < -0.3 is 15.0 Å². The SMILES string of the molecule is CCN(CC)CCCC(C)NCc1cccc(OC)c1. The van der Waals surface area contributed by atoms with E-state index in [4.69, 9.17) is 4.74 Å². The van der Waals surface area contributed by atoms with Crippen LogP contribution in [0.25, 0.3) is 0 Å². The van der Waals surface area contributed by atoms with Crippen molar-refractivity contribution in [1.29, 1.82) is 0 Å². The van der Waals surface area contributed by atoms with E-state index in [9.17, 15) is 0 Å². The van der Waals surface area contributed by atoms with Crippen molar-refractivity contribution in [2.75, 3.05) is 26.7 Å². The molecule has 0 saturated carbocycles. The van der Waals surface area contributed by atoms with Crippen molar-refractivity contribution in [3.05, 3.63) is 29.8 Å². The number of rotatable bonds is 10. The Labute approximate surface area is 124 Å². The third-order valence-corrected chi connectivity index (χ3v) is 3.79. The van der Waals surface area contributed by atoms with Crippen LogP contribution in [0, 0.1) is 0 Å². The average Bonchev–Trinajstić information content (AvgIpc) is 2.49. The van der Waals surface area contributed by atoms with E-state index in [1.165, 1.54) is 24.9 Å². The first kappa shape index (κ1) is 17.0. The molecule has 0 aliphatic rings. The lowest BCUT2D eigenvalue weighted by Gasteiger charge is -2.19. The van der Waals surface area contributed by atoms with Gasteiger partial charge in [-0.1, -0.05) is 26.0 Å². The molecule has 20 heavy (non-hydrogen) atoms. The molecular formula is C17H30N2O. The van der Waals surface area contributed by atoms with Crippen LogP contribution >= 0.6 is 0 Å². The van der Waals surface area contributed by atoms with E-state index >= 15 is 0 Å². The molecule has 1 aromatic carbocycles. The third kappa shape index (κ3) is 6.40. The van der Waals surface area contributed by atoms with Gasteiger partial charge in [0.1, 0.15) is 5.75 Å². The lowest BCUT2D eigenvalue weighted by Crippen LogP contribution is -2.28. The van der Waals surface area contributed by atoms with E-state index in [1.807, 2.05) is 12.1 Å². The normalized spacial score (nSPS) is 12.7. The van der Waals surface area contributed by atoms with Gasteiger partial charge in [-0.3, -0.25) is 0 Å². The zero-order chi connectivity index (χ0) is 14.8. The Morgan fingerprint density at radius 3 is 2.65 bits per heavy atom. The zero-order valence-electron chi connectivity index (χ0n) is 13.5. The summed E-state index contributed by atoms with van der Waals surface area (Å²) in [7, 11) is 1.71. The van der Waals surface area contributed by atoms with Gasteiger partial charge in [-0.25, -0.2) is 0 Å². The number of methoxy groups -OCH3 is 1. The molecule has 1 aromatic rings. The first-order valence-electron chi connectivity index (χ1n) is 7.78. The van der Waals surface area contributed by atoms with E-state index in [-0.39, 0.29) is 0 Å². The summed E-state index contributed by atoms with van der Waals surface area (Å²) in [5.41, 5.74) is 1.28. The molecule has 3 heteroatoms. The van der Waals surface area contributed by atoms with E-state index in [0.29, 0.717) is 6.04 Å². The Morgan fingerprint density at radius 2 is 2.00 bits per heavy atom. The molecule has 1 atom stereocenters. The molecule has 0 amide bonds. The minimum absolute atomic E-state index is 0.553. The molecule has 0 bridgehead atoms. The van der Waals surface area contributed by atoms with Crippen LogP contribution in [0.5, 0.6) is 5.75 Å². The number of benzene rings is 1. The minimum Gasteiger partial charge on any atom is -0.497 e. The molecule has 0 aromatic heterocycles. The van der Waals surface area contributed by atoms with Gasteiger partial charge >= 0.3 is 0 Å². The number of hydrogen-bond acceptors (Lipinski definition) is 3. The fraction of sp³-hybridized carbons (Fsp3) is 0.647. The number of hydrogen-bond donors (Lipinski definition) is 1. The zero-order valence-corrected chi connectivity index (χ0v) is 13.5. The first-order chi connectivity index (χ1) is 9.69. The maximum Gasteiger partial charge on any atom is 0.119 e. The topological polar surface area (TPSA) is 24.5 Å². The molecule has 114 valence electrons. The monoisotopic (exact) mass is 278 g/mol. The van der Waals surface area contributed by atoms with Crippen molar-refractivity contribution < 1.29 is 4.74 Å². The van der Waals surface area contributed by atoms with E-state index < -0.39 is 0 Å². The van der Waals surface area contributed by atoms with Crippen molar-refractivity contribution in [1.82, 2.24) is 10.2 Å². The average molecular weight is 278 g/mol. The van der Waals surface area contributed by atoms with Crippen LogP contribution in [0.1, 0.15) is 39.2 Å². The highest BCUT2D eigenvalue weighted by molar-refractivity contribution is 5.28. The van der Waals surface area contributed by atoms with Crippen LogP contribution in [-0.2, 0) is 6.54 Å². The van der Waals surface area contributed by atoms with Crippen LogP contribution in [0.4, 0.5) is 0 Å². The standard InChI is InChI=1S/C17H30N2O/c1-5-19(6-2)12-8-9-15(3)18-14-16-10-7-11-17(13-16)20-4/h7,10-11,13,15,18H,5-6,8-9,12,14H2,1-4H3. The van der Waals surface area contributed by atoms with Gasteiger partial charge in [-0.05, 0) is 57.1 Å². The highest BCUT2D eigenvalue weighted by atomic mass is 16.5. The van der Waals surface area contributed by atoms with E-state index in [2.05, 4.69) is 43.1 Å². The summed E-state index contributed by atoms with van der Waals surface area (Å²) in [4.78, 5) is 2.48. The summed E-state index contributed by atoms with van der Waals surface area (Å²) in [5.74, 6) is 0.929. The van der Waals surface area contributed by atoms with Crippen LogP contribution in [0.3, 0.4) is 0 Å². The fourth-order valence-corrected chi connectivity index (χ4v) is 2.34. The largest absolute Gasteiger partial charge is 0.497 e. The smallest absolute Gasteiger partial charge is 0.119 e. The van der Waals surface area contributed by atoms with Crippen molar-refractivity contribution >= 4 is 0 Å². The molecule has 0 heterocycles. The van der Waals surface area contributed by atoms with Gasteiger partial charge in [0.2, 0.25) is 0 Å². The number of nitrogens with one attached hydrogen (secondary N) is 1. The molecule has 0 spiro atoms. The lowest BCUT2D eigenvalue weighted by molar-refractivity contribution is 0.290. The highest BCUT2D eigenvalue weighted by Gasteiger charge is 2.04. The maximum absolute atomic E-state index is 5.24. The van der Waals surface area contributed by atoms with Crippen LogP contribution in [0.15, 0.2) is 24.3 Å². The molecule has 0 radical (unpaired) electrons. The Bertz CT molecular complexity index is 364. The summed E-state index contributed by atoms with van der Waals surface area (Å²) < 4.78 is 5.24. The third-order valence-electron chi connectivity index (χ3n) is 3.79. The minimum atomic E-state index is 0.553. The van der Waals surface area contributed by atoms with E-state index in [1.54, 1.807) is 7.11 Å². The Balaban J connectivity index is 2.23. The molecule has 1 N–H and O–H groups in total. The summed E-state index contributed by atoms with van der Waals surface area (Å²) in [6, 6.07) is 8.81. The van der Waals surface area contributed by atoms with Gasteiger partial charge in [0.25, 0.3) is 0 Å². The lowest BCUT2D eigenvalue weighted by atomic mass is 10.1. The summed E-state index contributed by atoms with van der Waals surface area (Å²) in [6.45, 7) is 11.1. The second-order valence-corrected chi connectivity index (χ2v) is 5.30. The molecule has 0 saturated heterocycles. The van der Waals surface area contributed by atoms with Gasteiger partial charge in [0.15, 0.2) is 0 Å². The highest BCUT2D eigenvalue weighted by Crippen LogP contribution is 2.12. The second-order valence-electron chi connectivity index (χ2n) is 5.30. The van der Waals surface area contributed by atoms with Crippen molar-refractivity contribution in [3.8, 4) is 5.75 Å². The molecule has 0 aliphatic heterocycles. The van der Waals surface area contributed by atoms with Gasteiger partial charge in [-0.15, -0.1) is 0 Å². The van der Waals surface area contributed by atoms with Crippen molar-refractivity contribution in [2.45, 2.75) is 46.2 Å². The summed E-state index contributed by atoms with van der Waals surface area (Å²) >= 11 is 0. The molecule has 3 nitrogen and oxygen atoms in total. The van der Waals surface area contributed by atoms with Gasteiger partial charge in [0.05, 0.1) is 7.11 Å². The first-order valence-corrected chi connectivity index (χ1v) is 7.78. The van der Waals surface area contributed by atoms with Crippen LogP contribution in [-0.4, -0.2) is 37.7 Å². The van der Waals surface area contributed by atoms with Gasteiger partial charge in [0, 0.05) is 12.6 Å². The van der Waals surface area contributed by atoms with E-state index in [0.717, 1.165) is 25.4 Å². The summed E-state index contributed by atoms with van der Waals surface area (Å²) in [5, 5.41) is 3.59. The van der Waals surface area contributed by atoms with Crippen LogP contribution in [0.2, 0.25) is 0 Å². The molecule has 1 rings (SSSR count). The van der Waals surface area contributed by atoms with Crippen LogP contribution < -0.4 is 10.1 Å². The van der Waals surface area contributed by atoms with Gasteiger partial charge in [-0.2, -0.15) is 0 Å². The quantitative estimate of drug-likeness (QED) is 0.711. The Morgan fingerprint density at radius 1 is 1.25 bits per heavy atom.